The van der Waals surface area contributed by atoms with Gasteiger partial charge < -0.3 is 15.5 Å². The molecule has 0 spiro atoms. The topological polar surface area (TPSA) is 106 Å². The van der Waals surface area contributed by atoms with Crippen molar-refractivity contribution in [1.29, 1.82) is 0 Å². The predicted octanol–water partition coefficient (Wildman–Crippen LogP) is 1.99. The minimum atomic E-state index is 0.205. The van der Waals surface area contributed by atoms with Gasteiger partial charge in [-0.1, -0.05) is 0 Å². The molecule has 0 atom stereocenters. The van der Waals surface area contributed by atoms with Gasteiger partial charge in [-0.3, -0.25) is 9.69 Å². The van der Waals surface area contributed by atoms with Crippen LogP contribution in [0.2, 0.25) is 0 Å². The molecule has 1 aromatic carbocycles. The first kappa shape index (κ1) is 18.7. The summed E-state index contributed by atoms with van der Waals surface area (Å²) in [7, 11) is 1.65. The largest absolute Gasteiger partial charge is 0.497 e. The lowest BCUT2D eigenvalue weighted by atomic mass is 10.3. The van der Waals surface area contributed by atoms with E-state index in [1.165, 1.54) is 4.90 Å². The summed E-state index contributed by atoms with van der Waals surface area (Å²) in [5.74, 6) is 2.32. The highest BCUT2D eigenvalue weighted by atomic mass is 16.5. The number of methoxy groups -OCH3 is 1. The molecule has 29 heavy (non-hydrogen) atoms. The number of hydrogen-bond donors (Lipinski definition) is 2. The molecule has 9 nitrogen and oxygen atoms in total. The summed E-state index contributed by atoms with van der Waals surface area (Å²) in [5.41, 5.74) is 9.49. The van der Waals surface area contributed by atoms with Crippen molar-refractivity contribution in [3.63, 3.8) is 0 Å². The number of fused-ring (bicyclic) bond motifs is 2. The highest BCUT2D eigenvalue weighted by Crippen LogP contribution is 2.25. The molecule has 0 fully saturated rings. The number of nitrogen functional groups attached to an aromatic ring is 1. The molecule has 1 amide bonds. The highest BCUT2D eigenvalue weighted by Gasteiger charge is 2.27. The Morgan fingerprint density at radius 2 is 2.14 bits per heavy atom. The number of aromatic amines is 1. The number of nitrogens with two attached hydrogens (primary N) is 1. The van der Waals surface area contributed by atoms with Gasteiger partial charge in [-0.15, -0.1) is 0 Å². The molecule has 9 heteroatoms. The van der Waals surface area contributed by atoms with Crippen molar-refractivity contribution in [2.75, 3.05) is 17.7 Å². The second kappa shape index (κ2) is 7.42. The van der Waals surface area contributed by atoms with Crippen molar-refractivity contribution in [3.8, 4) is 5.75 Å². The molecule has 0 unspecified atom stereocenters. The van der Waals surface area contributed by atoms with Gasteiger partial charge in [0.15, 0.2) is 28.3 Å². The number of imidazole rings is 1. The molecule has 0 aliphatic rings. The zero-order chi connectivity index (χ0) is 20.5. The van der Waals surface area contributed by atoms with Crippen molar-refractivity contribution in [2.45, 2.75) is 33.5 Å². The predicted molar refractivity (Wildman–Crippen MR) is 111 cm³/mol. The fourth-order valence-electron chi connectivity index (χ4n) is 3.77. The molecule has 150 valence electrons. The van der Waals surface area contributed by atoms with Crippen LogP contribution in [0, 0.1) is 0 Å². The Morgan fingerprint density at radius 1 is 1.31 bits per heavy atom. The second-order valence-corrected chi connectivity index (χ2v) is 6.64. The van der Waals surface area contributed by atoms with Crippen LogP contribution >= 0.6 is 0 Å². The smallest absolute Gasteiger partial charge is 0.277 e. The van der Waals surface area contributed by atoms with Crippen LogP contribution < -0.4 is 19.9 Å². The third kappa shape index (κ3) is 3.04. The number of nitrogens with one attached hydrogen (secondary N) is 1. The van der Waals surface area contributed by atoms with Crippen LogP contribution in [0.5, 0.6) is 5.75 Å². The van der Waals surface area contributed by atoms with E-state index in [2.05, 4.69) is 37.9 Å². The molecular weight excluding hydrogens is 370 g/mol. The lowest BCUT2D eigenvalue weighted by Crippen LogP contribution is -2.40. The van der Waals surface area contributed by atoms with Crippen molar-refractivity contribution >= 4 is 40.2 Å². The maximum absolute atomic E-state index is 12.0. The van der Waals surface area contributed by atoms with Crippen LogP contribution in [0.1, 0.15) is 19.7 Å². The monoisotopic (exact) mass is 394 g/mol. The van der Waals surface area contributed by atoms with Gasteiger partial charge in [0, 0.05) is 12.3 Å². The zero-order valence-corrected chi connectivity index (χ0v) is 16.7. The van der Waals surface area contributed by atoms with Crippen LogP contribution in [-0.4, -0.2) is 33.0 Å². The van der Waals surface area contributed by atoms with Gasteiger partial charge in [0.25, 0.3) is 5.82 Å². The van der Waals surface area contributed by atoms with E-state index >= 15 is 0 Å². The van der Waals surface area contributed by atoms with Gasteiger partial charge in [0.1, 0.15) is 17.8 Å². The van der Waals surface area contributed by atoms with E-state index in [1.54, 1.807) is 19.4 Å². The van der Waals surface area contributed by atoms with Gasteiger partial charge in [-0.25, -0.2) is 19.1 Å². The van der Waals surface area contributed by atoms with Crippen LogP contribution in [0.3, 0.4) is 0 Å². The number of rotatable bonds is 7. The van der Waals surface area contributed by atoms with Gasteiger partial charge in [-0.2, -0.15) is 0 Å². The maximum Gasteiger partial charge on any atom is 0.277 e. The molecule has 0 aliphatic carbocycles. The molecule has 4 rings (SSSR count). The lowest BCUT2D eigenvalue weighted by molar-refractivity contribution is -0.676. The Hall–Kier alpha value is -3.62. The van der Waals surface area contributed by atoms with Crippen molar-refractivity contribution in [3.05, 3.63) is 36.3 Å². The molecule has 3 N–H and O–H groups in total. The number of anilines is 2. The zero-order valence-electron chi connectivity index (χ0n) is 16.7. The molecule has 3 heterocycles. The van der Waals surface area contributed by atoms with Crippen LogP contribution in [-0.2, 0) is 24.4 Å². The number of carbonyl (C=O) groups excluding carboxylic acids is 1. The van der Waals surface area contributed by atoms with Gasteiger partial charge in [-0.05, 0) is 32.0 Å². The SMILES string of the molecule is CCn1c(CN(C=O)c2nc3cc[nH]c3nc2N)[n+](CC)c2ccc(OC)cc21. The molecule has 4 aromatic rings. The average molecular weight is 394 g/mol. The number of benzene rings is 1. The van der Waals surface area contributed by atoms with E-state index < -0.39 is 0 Å². The quantitative estimate of drug-likeness (QED) is 0.368. The Kier molecular flexibility index (Phi) is 4.79. The van der Waals surface area contributed by atoms with Crippen LogP contribution in [0.25, 0.3) is 22.2 Å². The summed E-state index contributed by atoms with van der Waals surface area (Å²) >= 11 is 0. The normalized spacial score (nSPS) is 11.3. The lowest BCUT2D eigenvalue weighted by Gasteiger charge is -2.16. The van der Waals surface area contributed by atoms with Gasteiger partial charge >= 0.3 is 0 Å². The van der Waals surface area contributed by atoms with E-state index in [4.69, 9.17) is 10.5 Å². The van der Waals surface area contributed by atoms with E-state index in [1.807, 2.05) is 18.2 Å². The molecule has 0 radical (unpaired) electrons. The molecule has 0 bridgehead atoms. The Morgan fingerprint density at radius 3 is 2.83 bits per heavy atom. The maximum atomic E-state index is 12.0. The summed E-state index contributed by atoms with van der Waals surface area (Å²) < 4.78 is 9.76. The van der Waals surface area contributed by atoms with Gasteiger partial charge in [0.05, 0.1) is 20.2 Å². The van der Waals surface area contributed by atoms with Crippen molar-refractivity contribution in [1.82, 2.24) is 19.5 Å². The van der Waals surface area contributed by atoms with E-state index in [0.29, 0.717) is 23.5 Å². The third-order valence-electron chi connectivity index (χ3n) is 5.12. The first-order chi connectivity index (χ1) is 14.1. The molecular formula is C20H24N7O2+. The number of amides is 1. The molecule has 0 saturated carbocycles. The Bertz CT molecular complexity index is 1190. The van der Waals surface area contributed by atoms with E-state index in [0.717, 1.165) is 42.1 Å². The minimum Gasteiger partial charge on any atom is -0.497 e. The summed E-state index contributed by atoms with van der Waals surface area (Å²) in [6.07, 6.45) is 2.49. The minimum absolute atomic E-state index is 0.205. The fraction of sp³-hybridized carbons (Fsp3) is 0.300. The van der Waals surface area contributed by atoms with Crippen LogP contribution in [0.4, 0.5) is 11.6 Å². The number of carbonyl (C=O) groups is 1. The Balaban J connectivity index is 1.84. The van der Waals surface area contributed by atoms with Crippen molar-refractivity contribution in [2.24, 2.45) is 0 Å². The van der Waals surface area contributed by atoms with Crippen LogP contribution in [0.15, 0.2) is 30.5 Å². The van der Waals surface area contributed by atoms with Crippen molar-refractivity contribution < 1.29 is 14.1 Å². The summed E-state index contributed by atoms with van der Waals surface area (Å²) in [6, 6.07) is 7.80. The molecule has 0 aliphatic heterocycles. The first-order valence-corrected chi connectivity index (χ1v) is 9.52. The number of nitrogens with zero attached hydrogens (tertiary/aromatic N) is 5. The summed E-state index contributed by atoms with van der Waals surface area (Å²) in [6.45, 7) is 5.98. The number of ether oxygens (including phenoxy) is 1. The molecule has 3 aromatic heterocycles. The van der Waals surface area contributed by atoms with Gasteiger partial charge in [0.2, 0.25) is 6.41 Å². The average Bonchev–Trinajstić information content (AvgIpc) is 3.31. The number of aromatic nitrogens is 5. The van der Waals surface area contributed by atoms with E-state index in [9.17, 15) is 4.79 Å². The number of hydrogen-bond acceptors (Lipinski definition) is 5. The third-order valence-corrected chi connectivity index (χ3v) is 5.12. The first-order valence-electron chi connectivity index (χ1n) is 9.52. The fourth-order valence-corrected chi connectivity index (χ4v) is 3.77. The number of H-pyrrole nitrogens is 1. The Labute approximate surface area is 167 Å². The number of aryl methyl sites for hydroxylation is 2. The summed E-state index contributed by atoms with van der Waals surface area (Å²) in [4.78, 5) is 25.3. The highest BCUT2D eigenvalue weighted by molar-refractivity contribution is 5.84. The molecule has 0 saturated heterocycles. The standard InChI is InChI=1S/C20H24N7O2/c1-4-26-15-7-6-13(29-3)10-16(15)27(5-2)17(26)11-25(12-28)20-18(21)24-19-14(23-20)8-9-22-19/h6-10,12H,4-5,11H2,1-3H3,(H3,21,22,24)/q+1. The summed E-state index contributed by atoms with van der Waals surface area (Å²) in [5, 5.41) is 0. The second-order valence-electron chi connectivity index (χ2n) is 6.64. The van der Waals surface area contributed by atoms with E-state index in [-0.39, 0.29) is 5.82 Å².